The first-order valence-electron chi connectivity index (χ1n) is 8.09. The molecule has 2 N–H and O–H groups in total. The molecule has 1 heterocycles. The third-order valence-electron chi connectivity index (χ3n) is 4.90. The van der Waals surface area contributed by atoms with Gasteiger partial charge in [0.1, 0.15) is 5.82 Å². The molecule has 1 aromatic carbocycles. The molecule has 1 aromatic rings. The summed E-state index contributed by atoms with van der Waals surface area (Å²) in [5.74, 6) is -2.78. The van der Waals surface area contributed by atoms with E-state index in [0.29, 0.717) is 18.5 Å². The molecule has 134 valence electrons. The summed E-state index contributed by atoms with van der Waals surface area (Å²) in [4.78, 5) is 37.1. The summed E-state index contributed by atoms with van der Waals surface area (Å²) in [6.45, 7) is 0.134. The van der Waals surface area contributed by atoms with Crippen LogP contribution < -0.4 is 10.2 Å². The van der Waals surface area contributed by atoms with E-state index in [0.717, 1.165) is 6.42 Å². The van der Waals surface area contributed by atoms with Gasteiger partial charge in [-0.3, -0.25) is 14.4 Å². The number of anilines is 1. The number of hydrogen-bond acceptors (Lipinski definition) is 3. The number of rotatable bonds is 5. The minimum absolute atomic E-state index is 0.0131. The van der Waals surface area contributed by atoms with Gasteiger partial charge in [0.15, 0.2) is 0 Å². The van der Waals surface area contributed by atoms with Crippen LogP contribution in [0.15, 0.2) is 18.2 Å². The lowest BCUT2D eigenvalue weighted by Gasteiger charge is -2.42. The second kappa shape index (κ2) is 6.63. The van der Waals surface area contributed by atoms with Crippen molar-refractivity contribution in [2.45, 2.75) is 37.6 Å². The maximum Gasteiger partial charge on any atom is 0.305 e. The molecule has 3 rings (SSSR count). The zero-order valence-corrected chi connectivity index (χ0v) is 14.2. The van der Waals surface area contributed by atoms with Gasteiger partial charge in [0.25, 0.3) is 0 Å². The van der Waals surface area contributed by atoms with E-state index in [9.17, 15) is 18.8 Å². The lowest BCUT2D eigenvalue weighted by molar-refractivity contribution is -0.141. The van der Waals surface area contributed by atoms with Crippen LogP contribution in [0.5, 0.6) is 0 Å². The minimum atomic E-state index is -0.958. The summed E-state index contributed by atoms with van der Waals surface area (Å²) in [5, 5.41) is 11.8. The van der Waals surface area contributed by atoms with Crippen molar-refractivity contribution in [2.75, 3.05) is 11.4 Å². The van der Waals surface area contributed by atoms with Gasteiger partial charge in [-0.2, -0.15) is 0 Å². The Labute approximate surface area is 148 Å². The first-order chi connectivity index (χ1) is 11.8. The van der Waals surface area contributed by atoms with Gasteiger partial charge in [-0.05, 0) is 37.5 Å². The molecule has 1 unspecified atom stereocenters. The number of nitrogens with zero attached hydrogens (tertiary/aromatic N) is 1. The molecule has 0 aromatic heterocycles. The Morgan fingerprint density at radius 1 is 1.40 bits per heavy atom. The molecule has 25 heavy (non-hydrogen) atoms. The van der Waals surface area contributed by atoms with E-state index in [4.69, 9.17) is 16.7 Å². The van der Waals surface area contributed by atoms with Crippen LogP contribution in [-0.2, 0) is 14.4 Å². The zero-order chi connectivity index (χ0) is 18.2. The van der Waals surface area contributed by atoms with Gasteiger partial charge in [0.2, 0.25) is 11.8 Å². The largest absolute Gasteiger partial charge is 0.481 e. The lowest BCUT2D eigenvalue weighted by Crippen LogP contribution is -2.56. The molecule has 0 bridgehead atoms. The van der Waals surface area contributed by atoms with E-state index in [1.165, 1.54) is 23.1 Å². The molecule has 8 heteroatoms. The fourth-order valence-electron chi connectivity index (χ4n) is 3.39. The number of carboxylic acid groups (broad SMARTS) is 1. The fourth-order valence-corrected chi connectivity index (χ4v) is 3.51. The minimum Gasteiger partial charge on any atom is -0.481 e. The molecule has 2 fully saturated rings. The van der Waals surface area contributed by atoms with E-state index < -0.39 is 23.2 Å². The summed E-state index contributed by atoms with van der Waals surface area (Å²) < 4.78 is 13.6. The van der Waals surface area contributed by atoms with E-state index in [1.54, 1.807) is 0 Å². The topological polar surface area (TPSA) is 86.7 Å². The Balaban J connectivity index is 1.68. The molecule has 1 saturated heterocycles. The Bertz CT molecular complexity index is 735. The van der Waals surface area contributed by atoms with E-state index in [-0.39, 0.29) is 36.2 Å². The molecule has 1 aliphatic heterocycles. The molecule has 1 atom stereocenters. The normalized spacial score (nSPS) is 21.8. The highest BCUT2D eigenvalue weighted by molar-refractivity contribution is 6.30. The smallest absolute Gasteiger partial charge is 0.305 e. The van der Waals surface area contributed by atoms with Crippen LogP contribution in [-0.4, -0.2) is 35.0 Å². The van der Waals surface area contributed by atoms with Gasteiger partial charge in [0, 0.05) is 18.7 Å². The number of halogens is 2. The van der Waals surface area contributed by atoms with Gasteiger partial charge in [-0.1, -0.05) is 11.6 Å². The van der Waals surface area contributed by atoms with Gasteiger partial charge < -0.3 is 15.3 Å². The highest BCUT2D eigenvalue weighted by atomic mass is 35.5. The second-order valence-electron chi connectivity index (χ2n) is 6.70. The number of nitrogens with one attached hydrogen (secondary N) is 1. The van der Waals surface area contributed by atoms with Crippen molar-refractivity contribution < 1.29 is 23.9 Å². The number of hydrogen-bond donors (Lipinski definition) is 2. The van der Waals surface area contributed by atoms with Crippen molar-refractivity contribution in [1.82, 2.24) is 5.32 Å². The maximum absolute atomic E-state index is 13.6. The van der Waals surface area contributed by atoms with Crippen molar-refractivity contribution in [3.63, 3.8) is 0 Å². The number of aliphatic carboxylic acids is 1. The van der Waals surface area contributed by atoms with Gasteiger partial charge >= 0.3 is 5.97 Å². The van der Waals surface area contributed by atoms with E-state index in [2.05, 4.69) is 5.32 Å². The molecule has 0 spiro atoms. The number of carbonyl (C=O) groups excluding carboxylic acids is 2. The summed E-state index contributed by atoms with van der Waals surface area (Å²) in [5.41, 5.74) is -0.350. The van der Waals surface area contributed by atoms with E-state index >= 15 is 0 Å². The van der Waals surface area contributed by atoms with Crippen molar-refractivity contribution in [3.8, 4) is 0 Å². The molecule has 2 amide bonds. The van der Waals surface area contributed by atoms with Crippen LogP contribution in [0.1, 0.15) is 32.1 Å². The number of carboxylic acids is 1. The number of amides is 2. The van der Waals surface area contributed by atoms with Crippen molar-refractivity contribution in [2.24, 2.45) is 5.92 Å². The molecular formula is C17H18ClFN2O4. The van der Waals surface area contributed by atoms with Gasteiger partial charge in [-0.15, -0.1) is 0 Å². The quantitative estimate of drug-likeness (QED) is 0.835. The third-order valence-corrected chi connectivity index (χ3v) is 5.21. The fraction of sp³-hybridized carbons (Fsp3) is 0.471. The lowest BCUT2D eigenvalue weighted by atomic mass is 9.74. The highest BCUT2D eigenvalue weighted by Crippen LogP contribution is 2.36. The van der Waals surface area contributed by atoms with Crippen LogP contribution in [0.4, 0.5) is 10.1 Å². The predicted octanol–water partition coefficient (Wildman–Crippen LogP) is 2.35. The van der Waals surface area contributed by atoms with Crippen LogP contribution >= 0.6 is 11.6 Å². The van der Waals surface area contributed by atoms with Crippen molar-refractivity contribution >= 4 is 35.1 Å². The Kier molecular flexibility index (Phi) is 4.69. The summed E-state index contributed by atoms with van der Waals surface area (Å²) in [6, 6.07) is 4.06. The standard InChI is InChI=1S/C17H18ClFN2O4/c18-12-3-2-11(7-13(12)19)21-9-10(6-14(21)22)16(25)20-17(4-1-5-17)8-15(23)24/h2-3,7,10H,1,4-6,8-9H2,(H,20,25)(H,23,24). The van der Waals surface area contributed by atoms with Crippen LogP contribution in [0.25, 0.3) is 0 Å². The predicted molar refractivity (Wildman–Crippen MR) is 88.8 cm³/mol. The van der Waals surface area contributed by atoms with Gasteiger partial charge in [0.05, 0.1) is 22.9 Å². The van der Waals surface area contributed by atoms with Crippen LogP contribution in [0, 0.1) is 11.7 Å². The van der Waals surface area contributed by atoms with Gasteiger partial charge in [-0.25, -0.2) is 4.39 Å². The van der Waals surface area contributed by atoms with Crippen LogP contribution in [0.2, 0.25) is 5.02 Å². The molecule has 1 aliphatic carbocycles. The Hall–Kier alpha value is -2.15. The Morgan fingerprint density at radius 2 is 2.12 bits per heavy atom. The average molecular weight is 369 g/mol. The zero-order valence-electron chi connectivity index (χ0n) is 13.4. The van der Waals surface area contributed by atoms with Crippen molar-refractivity contribution in [3.05, 3.63) is 29.0 Å². The summed E-state index contributed by atoms with van der Waals surface area (Å²) in [6.07, 6.45) is 2.01. The maximum atomic E-state index is 13.6. The first-order valence-corrected chi connectivity index (χ1v) is 8.47. The summed E-state index contributed by atoms with van der Waals surface area (Å²) >= 11 is 5.65. The first kappa shape index (κ1) is 17.7. The SMILES string of the molecule is O=C(O)CC1(NC(=O)C2CC(=O)N(c3ccc(Cl)c(F)c3)C2)CCC1. The van der Waals surface area contributed by atoms with Crippen LogP contribution in [0.3, 0.4) is 0 Å². The molecule has 0 radical (unpaired) electrons. The molecule has 6 nitrogen and oxygen atoms in total. The number of carbonyl (C=O) groups is 3. The molecule has 1 saturated carbocycles. The molecular weight excluding hydrogens is 351 g/mol. The highest BCUT2D eigenvalue weighted by Gasteiger charge is 2.43. The Morgan fingerprint density at radius 3 is 2.68 bits per heavy atom. The summed E-state index contributed by atoms with van der Waals surface area (Å²) in [7, 11) is 0. The average Bonchev–Trinajstić information content (AvgIpc) is 2.89. The monoisotopic (exact) mass is 368 g/mol. The third kappa shape index (κ3) is 3.61. The molecule has 2 aliphatic rings. The number of benzene rings is 1. The van der Waals surface area contributed by atoms with E-state index in [1.807, 2.05) is 0 Å². The second-order valence-corrected chi connectivity index (χ2v) is 7.10. The van der Waals surface area contributed by atoms with Crippen molar-refractivity contribution in [1.29, 1.82) is 0 Å².